The van der Waals surface area contributed by atoms with Gasteiger partial charge in [0.25, 0.3) is 0 Å². The quantitative estimate of drug-likeness (QED) is 0.0686. The van der Waals surface area contributed by atoms with E-state index in [-0.39, 0.29) is 0 Å². The van der Waals surface area contributed by atoms with Crippen LogP contribution in [0.5, 0.6) is 0 Å². The number of fused-ring (bicyclic) bond motifs is 3. The number of rotatable bonds is 8. The van der Waals surface area contributed by atoms with Gasteiger partial charge in [-0.1, -0.05) is 97.1 Å². The summed E-state index contributed by atoms with van der Waals surface area (Å²) in [5.41, 5.74) is 3.15. The maximum Gasteiger partial charge on any atom is 0.198 e. The van der Waals surface area contributed by atoms with Gasteiger partial charge in [-0.25, -0.2) is 35.1 Å². The largest absolute Gasteiger partial charge is 0.294 e. The van der Waals surface area contributed by atoms with Gasteiger partial charge in [-0.3, -0.25) is 9.59 Å². The van der Waals surface area contributed by atoms with Gasteiger partial charge >= 0.3 is 0 Å². The van der Waals surface area contributed by atoms with Crippen molar-refractivity contribution >= 4 is 11.6 Å². The van der Waals surface area contributed by atoms with Gasteiger partial charge in [-0.05, 0) is 56.6 Å². The maximum absolute atomic E-state index is 14.4. The molecule has 1 aliphatic rings. The van der Waals surface area contributed by atoms with Gasteiger partial charge in [0.15, 0.2) is 58.1 Å². The summed E-state index contributed by atoms with van der Waals surface area (Å²) >= 11 is 0. The first-order valence-corrected chi connectivity index (χ1v) is 15.5. The van der Waals surface area contributed by atoms with Crippen molar-refractivity contribution in [2.75, 3.05) is 0 Å². The van der Waals surface area contributed by atoms with Crippen LogP contribution in [0.4, 0.5) is 35.1 Å². The topological polar surface area (TPSA) is 34.1 Å². The Morgan fingerprint density at radius 3 is 1.16 bits per heavy atom. The fraction of sp³-hybridized carbons (Fsp3) is 0.0732. The lowest BCUT2D eigenvalue weighted by Crippen LogP contribution is -2.28. The summed E-state index contributed by atoms with van der Waals surface area (Å²) < 4.78 is 111. The Morgan fingerprint density at radius 1 is 0.431 bits per heavy atom. The third kappa shape index (κ3) is 5.42. The Labute approximate surface area is 285 Å². The number of carbonyl (C=O) groups is 2. The average molecular weight is 699 g/mol. The summed E-state index contributed by atoms with van der Waals surface area (Å²) in [6.45, 7) is 0. The molecule has 0 spiro atoms. The molecule has 2 nitrogen and oxygen atoms in total. The molecule has 1 aliphatic carbocycles. The first-order chi connectivity index (χ1) is 24.4. The molecular formula is C41H22F8O2. The van der Waals surface area contributed by atoms with Crippen LogP contribution in [0.15, 0.2) is 109 Å². The van der Waals surface area contributed by atoms with Crippen LogP contribution >= 0.6 is 0 Å². The zero-order valence-corrected chi connectivity index (χ0v) is 26.1. The van der Waals surface area contributed by atoms with Crippen LogP contribution in [0.2, 0.25) is 0 Å². The molecule has 0 bridgehead atoms. The lowest BCUT2D eigenvalue weighted by molar-refractivity contribution is 0.0978. The molecule has 0 radical (unpaired) electrons. The first-order valence-electron chi connectivity index (χ1n) is 15.5. The Kier molecular flexibility index (Phi) is 8.41. The molecule has 254 valence electrons. The molecule has 6 aromatic carbocycles. The molecule has 51 heavy (non-hydrogen) atoms. The van der Waals surface area contributed by atoms with Gasteiger partial charge in [-0.2, -0.15) is 0 Å². The molecule has 6 aromatic rings. The lowest BCUT2D eigenvalue weighted by Gasteiger charge is -2.34. The molecule has 0 saturated carbocycles. The van der Waals surface area contributed by atoms with E-state index in [4.69, 9.17) is 0 Å². The van der Waals surface area contributed by atoms with E-state index in [9.17, 15) is 44.7 Å². The zero-order valence-electron chi connectivity index (χ0n) is 26.1. The Hall–Kier alpha value is -5.90. The normalized spacial score (nSPS) is 12.8. The van der Waals surface area contributed by atoms with Crippen LogP contribution in [0, 0.1) is 46.5 Å². The maximum atomic E-state index is 14.4. The Morgan fingerprint density at radius 2 is 0.784 bits per heavy atom. The van der Waals surface area contributed by atoms with Crippen molar-refractivity contribution in [2.45, 2.75) is 18.3 Å². The van der Waals surface area contributed by atoms with Crippen LogP contribution in [0.1, 0.15) is 54.1 Å². The molecule has 0 fully saturated rings. The molecule has 0 heterocycles. The second-order valence-electron chi connectivity index (χ2n) is 12.1. The molecule has 0 aromatic heterocycles. The highest BCUT2D eigenvalue weighted by Gasteiger charge is 2.45. The number of halogens is 8. The minimum absolute atomic E-state index is 0.329. The summed E-state index contributed by atoms with van der Waals surface area (Å²) in [6.07, 6.45) is -0.875. The van der Waals surface area contributed by atoms with E-state index >= 15 is 0 Å². The monoisotopic (exact) mass is 698 g/mol. The van der Waals surface area contributed by atoms with Gasteiger partial charge in [0.05, 0.1) is 16.5 Å². The number of hydrogen-bond acceptors (Lipinski definition) is 2. The molecular weight excluding hydrogens is 676 g/mol. The number of Topliss-reactive ketones (excluding diaryl/α,β-unsaturated/α-hetero) is 2. The fourth-order valence-electron chi connectivity index (χ4n) is 6.88. The minimum Gasteiger partial charge on any atom is -0.294 e. The highest BCUT2D eigenvalue weighted by atomic mass is 19.2. The van der Waals surface area contributed by atoms with Crippen LogP contribution in [0.25, 0.3) is 11.1 Å². The third-order valence-electron chi connectivity index (χ3n) is 9.26. The molecule has 0 unspecified atom stereocenters. The van der Waals surface area contributed by atoms with Crippen molar-refractivity contribution in [1.29, 1.82) is 0 Å². The van der Waals surface area contributed by atoms with Crippen LogP contribution < -0.4 is 0 Å². The lowest BCUT2D eigenvalue weighted by atomic mass is 9.67. The molecule has 0 atom stereocenters. The summed E-state index contributed by atoms with van der Waals surface area (Å²) in [4.78, 5) is 25.7. The van der Waals surface area contributed by atoms with Crippen LogP contribution in [0.3, 0.4) is 0 Å². The van der Waals surface area contributed by atoms with Gasteiger partial charge in [-0.15, -0.1) is 0 Å². The zero-order chi connectivity index (χ0) is 36.2. The van der Waals surface area contributed by atoms with E-state index < -0.39 is 87.5 Å². The van der Waals surface area contributed by atoms with Crippen molar-refractivity contribution in [3.05, 3.63) is 200 Å². The fourth-order valence-corrected chi connectivity index (χ4v) is 6.88. The number of hydrogen-bond donors (Lipinski definition) is 0. The molecule has 10 heteroatoms. The van der Waals surface area contributed by atoms with Gasteiger partial charge in [0.2, 0.25) is 0 Å². The van der Waals surface area contributed by atoms with Gasteiger partial charge < -0.3 is 0 Å². The summed E-state index contributed by atoms with van der Waals surface area (Å²) in [6, 6.07) is 29.6. The smallest absolute Gasteiger partial charge is 0.198 e. The van der Waals surface area contributed by atoms with Gasteiger partial charge in [0.1, 0.15) is 0 Å². The van der Waals surface area contributed by atoms with Crippen molar-refractivity contribution in [3.63, 3.8) is 0 Å². The molecule has 0 amide bonds. The van der Waals surface area contributed by atoms with Crippen LogP contribution in [-0.2, 0) is 18.3 Å². The number of ketones is 2. The van der Waals surface area contributed by atoms with E-state index in [2.05, 4.69) is 0 Å². The standard InChI is InChI=1S/C41H22F8O2/c42-31-19-27(35(44)39(48)37(31)46)33(50)17-21-9-13-23(14-10-21)41(29-7-3-1-5-25(29)26-6-2-4-8-30(26)41)24-15-11-22(12-16-24)18-34(51)28-20-32(43)38(47)40(49)36(28)45/h1-16,19-20H,17-18H2. The third-order valence-corrected chi connectivity index (χ3v) is 9.26. The van der Waals surface area contributed by atoms with E-state index in [1.807, 2.05) is 48.5 Å². The Balaban J connectivity index is 1.28. The number of benzene rings is 6. The van der Waals surface area contributed by atoms with E-state index in [1.165, 1.54) is 0 Å². The second-order valence-corrected chi connectivity index (χ2v) is 12.1. The number of carbonyl (C=O) groups excluding carboxylic acids is 2. The molecule has 0 aliphatic heterocycles. The van der Waals surface area contributed by atoms with Gasteiger partial charge in [0, 0.05) is 12.8 Å². The van der Waals surface area contributed by atoms with Crippen molar-refractivity contribution in [2.24, 2.45) is 0 Å². The summed E-state index contributed by atoms with van der Waals surface area (Å²) in [5.74, 6) is -17.0. The average Bonchev–Trinajstić information content (AvgIpc) is 3.44. The summed E-state index contributed by atoms with van der Waals surface area (Å²) in [7, 11) is 0. The SMILES string of the molecule is O=C(Cc1ccc(C2(c3ccc(CC(=O)c4cc(F)c(F)c(F)c4F)cc3)c3ccccc3-c3ccccc32)cc1)c1cc(F)c(F)c(F)c1F. The minimum atomic E-state index is -2.07. The van der Waals surface area contributed by atoms with E-state index in [0.29, 0.717) is 23.3 Å². The van der Waals surface area contributed by atoms with Crippen molar-refractivity contribution in [1.82, 2.24) is 0 Å². The molecule has 0 saturated heterocycles. The highest BCUT2D eigenvalue weighted by Crippen LogP contribution is 2.56. The first kappa shape index (κ1) is 33.6. The predicted octanol–water partition coefficient (Wildman–Crippen LogP) is 10.0. The van der Waals surface area contributed by atoms with Crippen molar-refractivity contribution < 1.29 is 44.7 Å². The molecule has 7 rings (SSSR count). The predicted molar refractivity (Wildman–Crippen MR) is 172 cm³/mol. The van der Waals surface area contributed by atoms with Crippen LogP contribution in [-0.4, -0.2) is 11.6 Å². The Bertz CT molecular complexity index is 2220. The highest BCUT2D eigenvalue weighted by molar-refractivity contribution is 5.98. The second kappa shape index (κ2) is 12.8. The summed E-state index contributed by atoms with van der Waals surface area (Å²) in [5, 5.41) is 0. The molecule has 0 N–H and O–H groups in total. The van der Waals surface area contributed by atoms with E-state index in [0.717, 1.165) is 33.4 Å². The van der Waals surface area contributed by atoms with Crippen molar-refractivity contribution in [3.8, 4) is 11.1 Å². The van der Waals surface area contributed by atoms with E-state index in [1.54, 1.807) is 48.5 Å².